The second kappa shape index (κ2) is 14.0. The van der Waals surface area contributed by atoms with E-state index in [1.807, 2.05) is 66.7 Å². The Morgan fingerprint density at radius 1 is 0.302 bits per heavy atom. The molecule has 6 heteroatoms. The van der Waals surface area contributed by atoms with Crippen molar-refractivity contribution < 1.29 is 4.42 Å². The molecule has 0 unspecified atom stereocenters. The smallest absolute Gasteiger partial charge is 0.164 e. The number of para-hydroxylation sites is 5. The lowest BCUT2D eigenvalue weighted by atomic mass is 9.95. The number of furan rings is 1. The Balaban J connectivity index is 1.16. The van der Waals surface area contributed by atoms with Crippen LogP contribution in [0.1, 0.15) is 0 Å². The number of aromatic nitrogens is 5. The molecule has 6 nitrogen and oxygen atoms in total. The second-order valence-electron chi connectivity index (χ2n) is 16.0. The molecule has 63 heavy (non-hydrogen) atoms. The minimum Gasteiger partial charge on any atom is -0.455 e. The van der Waals surface area contributed by atoms with Crippen molar-refractivity contribution in [1.29, 1.82) is 0 Å². The van der Waals surface area contributed by atoms with Crippen molar-refractivity contribution in [3.8, 4) is 56.7 Å². The molecular weight excluding hydrogens is 771 g/mol. The maximum absolute atomic E-state index is 6.96. The van der Waals surface area contributed by atoms with E-state index >= 15 is 0 Å². The van der Waals surface area contributed by atoms with Crippen LogP contribution < -0.4 is 0 Å². The van der Waals surface area contributed by atoms with Crippen LogP contribution in [0.3, 0.4) is 0 Å². The first-order valence-corrected chi connectivity index (χ1v) is 21.2. The highest BCUT2D eigenvalue weighted by Gasteiger charge is 2.24. The van der Waals surface area contributed by atoms with Gasteiger partial charge in [0.05, 0.1) is 22.1 Å². The summed E-state index contributed by atoms with van der Waals surface area (Å²) in [6.45, 7) is 0. The molecule has 4 heterocycles. The second-order valence-corrected chi connectivity index (χ2v) is 16.0. The van der Waals surface area contributed by atoms with Gasteiger partial charge >= 0.3 is 0 Å². The Labute approximate surface area is 361 Å². The molecule has 0 atom stereocenters. The van der Waals surface area contributed by atoms with Gasteiger partial charge in [-0.05, 0) is 66.2 Å². The normalized spacial score (nSPS) is 11.8. The van der Waals surface area contributed by atoms with Crippen molar-refractivity contribution in [1.82, 2.24) is 24.1 Å². The molecule has 0 bridgehead atoms. The molecule has 0 amide bonds. The molecule has 0 spiro atoms. The summed E-state index contributed by atoms with van der Waals surface area (Å²) in [5.74, 6) is 1.77. The third kappa shape index (κ3) is 5.55. The molecule has 0 saturated carbocycles. The van der Waals surface area contributed by atoms with E-state index in [-0.39, 0.29) is 0 Å². The summed E-state index contributed by atoms with van der Waals surface area (Å²) in [4.78, 5) is 15.6. The average molecular weight is 806 g/mol. The summed E-state index contributed by atoms with van der Waals surface area (Å²) >= 11 is 0. The monoisotopic (exact) mass is 805 g/mol. The molecule has 0 aliphatic carbocycles. The molecular formula is C57H35N5O. The predicted molar refractivity (Wildman–Crippen MR) is 258 cm³/mol. The van der Waals surface area contributed by atoms with Gasteiger partial charge in [-0.3, -0.25) is 0 Å². The zero-order valence-electron chi connectivity index (χ0n) is 33.9. The van der Waals surface area contributed by atoms with Crippen molar-refractivity contribution in [2.75, 3.05) is 0 Å². The molecule has 0 N–H and O–H groups in total. The van der Waals surface area contributed by atoms with Crippen molar-refractivity contribution >= 4 is 65.6 Å². The quantitative estimate of drug-likeness (QED) is 0.168. The summed E-state index contributed by atoms with van der Waals surface area (Å²) in [6, 6.07) is 74.4. The van der Waals surface area contributed by atoms with Gasteiger partial charge in [0.1, 0.15) is 11.2 Å². The van der Waals surface area contributed by atoms with E-state index in [4.69, 9.17) is 19.4 Å². The fraction of sp³-hybridized carbons (Fsp3) is 0. The van der Waals surface area contributed by atoms with Gasteiger partial charge in [0.2, 0.25) is 0 Å². The Bertz CT molecular complexity index is 3750. The largest absolute Gasteiger partial charge is 0.455 e. The van der Waals surface area contributed by atoms with Crippen LogP contribution in [0, 0.1) is 0 Å². The molecule has 9 aromatic carbocycles. The highest BCUT2D eigenvalue weighted by Crippen LogP contribution is 2.44. The lowest BCUT2D eigenvalue weighted by Crippen LogP contribution is -2.02. The maximum atomic E-state index is 6.96. The van der Waals surface area contributed by atoms with Crippen molar-refractivity contribution in [2.24, 2.45) is 0 Å². The van der Waals surface area contributed by atoms with E-state index in [1.165, 1.54) is 21.5 Å². The van der Waals surface area contributed by atoms with Gasteiger partial charge in [-0.2, -0.15) is 0 Å². The van der Waals surface area contributed by atoms with Crippen LogP contribution >= 0.6 is 0 Å². The van der Waals surface area contributed by atoms with E-state index in [9.17, 15) is 0 Å². The van der Waals surface area contributed by atoms with Crippen molar-refractivity contribution in [3.05, 3.63) is 212 Å². The molecule has 13 aromatic rings. The minimum atomic E-state index is 0.568. The summed E-state index contributed by atoms with van der Waals surface area (Å²) in [7, 11) is 0. The third-order valence-electron chi connectivity index (χ3n) is 12.4. The van der Waals surface area contributed by atoms with Crippen LogP contribution in [0.15, 0.2) is 217 Å². The zero-order valence-corrected chi connectivity index (χ0v) is 33.9. The fourth-order valence-electron chi connectivity index (χ4n) is 9.56. The number of hydrogen-bond acceptors (Lipinski definition) is 4. The lowest BCUT2D eigenvalue weighted by molar-refractivity contribution is 0.670. The average Bonchev–Trinajstić information content (AvgIpc) is 4.02. The Hall–Kier alpha value is -8.61. The fourth-order valence-corrected chi connectivity index (χ4v) is 9.56. The van der Waals surface area contributed by atoms with Gasteiger partial charge in [0.25, 0.3) is 0 Å². The lowest BCUT2D eigenvalue weighted by Gasteiger charge is -2.17. The van der Waals surface area contributed by atoms with Crippen molar-refractivity contribution in [2.45, 2.75) is 0 Å². The zero-order chi connectivity index (χ0) is 41.4. The summed E-state index contributed by atoms with van der Waals surface area (Å²) < 4.78 is 11.7. The summed E-state index contributed by atoms with van der Waals surface area (Å²) in [6.07, 6.45) is 0. The Kier molecular flexibility index (Phi) is 7.80. The first-order chi connectivity index (χ1) is 31.2. The van der Waals surface area contributed by atoms with Crippen LogP contribution in [0.25, 0.3) is 122 Å². The van der Waals surface area contributed by atoms with Gasteiger partial charge in [-0.1, -0.05) is 152 Å². The van der Waals surface area contributed by atoms with Crippen LogP contribution in [0.2, 0.25) is 0 Å². The summed E-state index contributed by atoms with van der Waals surface area (Å²) in [5, 5.41) is 6.88. The summed E-state index contributed by atoms with van der Waals surface area (Å²) in [5.41, 5.74) is 12.7. The van der Waals surface area contributed by atoms with Gasteiger partial charge in [-0.25, -0.2) is 15.0 Å². The van der Waals surface area contributed by atoms with E-state index in [0.29, 0.717) is 17.5 Å². The van der Waals surface area contributed by atoms with Crippen LogP contribution in [-0.4, -0.2) is 24.1 Å². The number of rotatable bonds is 6. The molecule has 0 aliphatic heterocycles. The maximum Gasteiger partial charge on any atom is 0.164 e. The Morgan fingerprint density at radius 2 is 0.730 bits per heavy atom. The van der Waals surface area contributed by atoms with Crippen LogP contribution in [-0.2, 0) is 0 Å². The number of hydrogen-bond donors (Lipinski definition) is 0. The van der Waals surface area contributed by atoms with Crippen molar-refractivity contribution in [3.63, 3.8) is 0 Å². The number of nitrogens with zero attached hydrogens (tertiary/aromatic N) is 5. The minimum absolute atomic E-state index is 0.568. The van der Waals surface area contributed by atoms with E-state index in [1.54, 1.807) is 0 Å². The van der Waals surface area contributed by atoms with Gasteiger partial charge in [0, 0.05) is 65.9 Å². The highest BCUT2D eigenvalue weighted by atomic mass is 16.3. The molecule has 0 radical (unpaired) electrons. The highest BCUT2D eigenvalue weighted by molar-refractivity contribution is 6.14. The molecule has 0 aliphatic rings. The standard InChI is InChI=1S/C57H35N5O/c1-3-17-36(18-4-1)55-58-56(37-19-5-2-6-20-37)60-57(59-55)45-32-31-38(61-49-26-12-7-21-40(49)41-22-8-13-27-50(41)61)33-46(45)48-35-39(34-47-44-25-11-16-30-53(44)63-54(47)48)62-51-28-14-9-23-42(51)43-24-10-15-29-52(43)62/h1-35H. The van der Waals surface area contributed by atoms with Gasteiger partial charge in [0.15, 0.2) is 17.5 Å². The molecule has 13 rings (SSSR count). The SMILES string of the molecule is c1ccc(-c2nc(-c3ccccc3)nc(-c3ccc(-n4c5ccccc5c5ccccc54)cc3-c3cc(-n4c5ccccc5c5ccccc54)cc4c3oc3ccccc34)n2)cc1. The number of fused-ring (bicyclic) bond motifs is 9. The van der Waals surface area contributed by atoms with E-state index < -0.39 is 0 Å². The van der Waals surface area contributed by atoms with Gasteiger partial charge in [-0.15, -0.1) is 0 Å². The van der Waals surface area contributed by atoms with Crippen LogP contribution in [0.5, 0.6) is 0 Å². The first kappa shape index (κ1) is 35.2. The predicted octanol–water partition coefficient (Wildman–Crippen LogP) is 14.6. The third-order valence-corrected chi connectivity index (χ3v) is 12.4. The number of benzene rings is 9. The molecule has 294 valence electrons. The molecule has 0 fully saturated rings. The van der Waals surface area contributed by atoms with Gasteiger partial charge < -0.3 is 13.6 Å². The topological polar surface area (TPSA) is 61.7 Å². The first-order valence-electron chi connectivity index (χ1n) is 21.2. The molecule has 0 saturated heterocycles. The van der Waals surface area contributed by atoms with Crippen LogP contribution in [0.4, 0.5) is 0 Å². The van der Waals surface area contributed by atoms with E-state index in [0.717, 1.165) is 83.2 Å². The van der Waals surface area contributed by atoms with E-state index in [2.05, 4.69) is 155 Å². The Morgan fingerprint density at radius 3 is 1.27 bits per heavy atom. The molecule has 4 aromatic heterocycles.